The molecule has 0 aromatic carbocycles. The first-order valence-corrected chi connectivity index (χ1v) is 5.20. The summed E-state index contributed by atoms with van der Waals surface area (Å²) in [6.07, 6.45) is 0.0263. The van der Waals surface area contributed by atoms with Gasteiger partial charge >= 0.3 is 0 Å². The van der Waals surface area contributed by atoms with Gasteiger partial charge in [0, 0.05) is 20.1 Å². The zero-order chi connectivity index (χ0) is 11.3. The Morgan fingerprint density at radius 3 is 3.00 bits per heavy atom. The first-order valence-electron chi connectivity index (χ1n) is 5.20. The van der Waals surface area contributed by atoms with Crippen LogP contribution in [-0.2, 0) is 14.3 Å². The number of hydrogen-bond donors (Lipinski definition) is 2. The Kier molecular flexibility index (Phi) is 4.50. The van der Waals surface area contributed by atoms with Gasteiger partial charge in [-0.05, 0) is 13.8 Å². The van der Waals surface area contributed by atoms with Gasteiger partial charge in [0.25, 0.3) is 0 Å². The molecule has 0 aromatic rings. The molecule has 5 nitrogen and oxygen atoms in total. The highest BCUT2D eigenvalue weighted by Gasteiger charge is 2.28. The van der Waals surface area contributed by atoms with Crippen LogP contribution in [0.2, 0.25) is 0 Å². The predicted molar refractivity (Wildman–Crippen MR) is 56.7 cm³/mol. The van der Waals surface area contributed by atoms with E-state index in [9.17, 15) is 4.79 Å². The normalized spacial score (nSPS) is 24.9. The van der Waals surface area contributed by atoms with Crippen molar-refractivity contribution in [2.75, 3.05) is 33.4 Å². The number of rotatable bonds is 4. The van der Waals surface area contributed by atoms with E-state index in [4.69, 9.17) is 9.47 Å². The number of amides is 1. The van der Waals surface area contributed by atoms with E-state index in [0.29, 0.717) is 6.61 Å². The van der Waals surface area contributed by atoms with Gasteiger partial charge in [-0.2, -0.15) is 0 Å². The fraction of sp³-hybridized carbons (Fsp3) is 0.900. The number of carbonyl (C=O) groups excluding carboxylic acids is 1. The zero-order valence-electron chi connectivity index (χ0n) is 9.63. The molecule has 1 saturated heterocycles. The van der Waals surface area contributed by atoms with Crippen molar-refractivity contribution in [1.82, 2.24) is 10.6 Å². The minimum atomic E-state index is -0.153. The monoisotopic (exact) mass is 216 g/mol. The van der Waals surface area contributed by atoms with Crippen LogP contribution in [0.1, 0.15) is 13.8 Å². The van der Waals surface area contributed by atoms with Gasteiger partial charge in [0.2, 0.25) is 5.91 Å². The second kappa shape index (κ2) is 5.44. The zero-order valence-corrected chi connectivity index (χ0v) is 9.63. The molecule has 1 unspecified atom stereocenters. The van der Waals surface area contributed by atoms with Gasteiger partial charge in [0.1, 0.15) is 6.61 Å². The lowest BCUT2D eigenvalue weighted by Crippen LogP contribution is -2.52. The van der Waals surface area contributed by atoms with E-state index in [2.05, 4.69) is 10.6 Å². The average Bonchev–Trinajstić information content (AvgIpc) is 2.16. The summed E-state index contributed by atoms with van der Waals surface area (Å²) in [6.45, 7) is 6.23. The summed E-state index contributed by atoms with van der Waals surface area (Å²) >= 11 is 0. The second-order valence-electron chi connectivity index (χ2n) is 4.32. The smallest absolute Gasteiger partial charge is 0.245 e. The number of carbonyl (C=O) groups is 1. The molecule has 1 heterocycles. The van der Waals surface area contributed by atoms with E-state index < -0.39 is 0 Å². The lowest BCUT2D eigenvalue weighted by Gasteiger charge is -2.36. The third kappa shape index (κ3) is 4.59. The van der Waals surface area contributed by atoms with Crippen molar-refractivity contribution in [3.63, 3.8) is 0 Å². The van der Waals surface area contributed by atoms with Crippen molar-refractivity contribution in [2.45, 2.75) is 25.6 Å². The summed E-state index contributed by atoms with van der Waals surface area (Å²) in [5.74, 6) is -0.113. The summed E-state index contributed by atoms with van der Waals surface area (Å²) in [5.41, 5.74) is -0.153. The summed E-state index contributed by atoms with van der Waals surface area (Å²) in [4.78, 5) is 10.9. The Bertz CT molecular complexity index is 219. The molecular weight excluding hydrogens is 196 g/mol. The number of nitrogens with one attached hydrogen (secondary N) is 2. The Labute approximate surface area is 90.5 Å². The molecule has 1 amide bonds. The molecule has 5 heteroatoms. The van der Waals surface area contributed by atoms with Crippen LogP contribution in [0.15, 0.2) is 0 Å². The van der Waals surface area contributed by atoms with Crippen molar-refractivity contribution in [2.24, 2.45) is 0 Å². The van der Waals surface area contributed by atoms with E-state index in [1.54, 1.807) is 7.05 Å². The summed E-state index contributed by atoms with van der Waals surface area (Å²) in [6, 6.07) is 0. The van der Waals surface area contributed by atoms with Crippen LogP contribution in [0.25, 0.3) is 0 Å². The maximum absolute atomic E-state index is 10.9. The van der Waals surface area contributed by atoms with Gasteiger partial charge in [-0.1, -0.05) is 0 Å². The van der Waals surface area contributed by atoms with Crippen LogP contribution in [-0.4, -0.2) is 51.0 Å². The number of hydrogen-bond acceptors (Lipinski definition) is 4. The summed E-state index contributed by atoms with van der Waals surface area (Å²) in [7, 11) is 1.59. The van der Waals surface area contributed by atoms with Gasteiger partial charge in [-0.15, -0.1) is 0 Å². The van der Waals surface area contributed by atoms with Crippen molar-refractivity contribution >= 4 is 5.91 Å². The van der Waals surface area contributed by atoms with E-state index in [-0.39, 0.29) is 24.2 Å². The van der Waals surface area contributed by atoms with Gasteiger partial charge < -0.3 is 20.1 Å². The predicted octanol–water partition coefficient (Wildman–Crippen LogP) is -0.484. The fourth-order valence-corrected chi connectivity index (χ4v) is 1.52. The minimum absolute atomic E-state index is 0.0263. The fourth-order valence-electron chi connectivity index (χ4n) is 1.52. The van der Waals surface area contributed by atoms with Crippen molar-refractivity contribution in [1.29, 1.82) is 0 Å². The lowest BCUT2D eigenvalue weighted by atomic mass is 10.1. The molecule has 1 aliphatic heterocycles. The van der Waals surface area contributed by atoms with Crippen molar-refractivity contribution in [3.8, 4) is 0 Å². The maximum atomic E-state index is 10.9. The van der Waals surface area contributed by atoms with Crippen LogP contribution in [0.3, 0.4) is 0 Å². The summed E-state index contributed by atoms with van der Waals surface area (Å²) in [5, 5.41) is 5.77. The Hall–Kier alpha value is -0.650. The minimum Gasteiger partial charge on any atom is -0.369 e. The molecule has 88 valence electrons. The highest BCUT2D eigenvalue weighted by molar-refractivity contribution is 5.76. The molecular formula is C10H20N2O3. The standard InChI is InChI=1S/C10H20N2O3/c1-10(2)7-12-4-8(15-10)5-14-6-9(13)11-3/h8,12H,4-7H2,1-3H3,(H,11,13). The second-order valence-corrected chi connectivity index (χ2v) is 4.32. The first kappa shape index (κ1) is 12.4. The van der Waals surface area contributed by atoms with Crippen LogP contribution in [0.4, 0.5) is 0 Å². The molecule has 0 spiro atoms. The van der Waals surface area contributed by atoms with Crippen LogP contribution >= 0.6 is 0 Å². The van der Waals surface area contributed by atoms with Gasteiger partial charge in [0.15, 0.2) is 0 Å². The highest BCUT2D eigenvalue weighted by atomic mass is 16.5. The molecule has 0 saturated carbocycles. The number of ether oxygens (including phenoxy) is 2. The van der Waals surface area contributed by atoms with E-state index in [1.165, 1.54) is 0 Å². The Balaban J connectivity index is 2.18. The van der Waals surface area contributed by atoms with Gasteiger partial charge in [-0.3, -0.25) is 4.79 Å². The molecule has 1 aliphatic rings. The molecule has 0 radical (unpaired) electrons. The van der Waals surface area contributed by atoms with Crippen molar-refractivity contribution in [3.05, 3.63) is 0 Å². The molecule has 0 aromatic heterocycles. The van der Waals surface area contributed by atoms with E-state index in [1.807, 2.05) is 13.8 Å². The molecule has 15 heavy (non-hydrogen) atoms. The van der Waals surface area contributed by atoms with Gasteiger partial charge in [0.05, 0.1) is 18.3 Å². The lowest BCUT2D eigenvalue weighted by molar-refractivity contribution is -0.135. The van der Waals surface area contributed by atoms with Crippen LogP contribution in [0.5, 0.6) is 0 Å². The highest BCUT2D eigenvalue weighted by Crippen LogP contribution is 2.15. The third-order valence-corrected chi connectivity index (χ3v) is 2.22. The molecule has 1 fully saturated rings. The molecule has 1 rings (SSSR count). The first-order chi connectivity index (χ1) is 7.03. The van der Waals surface area contributed by atoms with Gasteiger partial charge in [-0.25, -0.2) is 0 Å². The molecule has 0 bridgehead atoms. The quantitative estimate of drug-likeness (QED) is 0.666. The Morgan fingerprint density at radius 2 is 2.40 bits per heavy atom. The molecule has 1 atom stereocenters. The molecule has 2 N–H and O–H groups in total. The van der Waals surface area contributed by atoms with Crippen molar-refractivity contribution < 1.29 is 14.3 Å². The maximum Gasteiger partial charge on any atom is 0.245 e. The van der Waals surface area contributed by atoms with Crippen LogP contribution in [0, 0.1) is 0 Å². The summed E-state index contributed by atoms with van der Waals surface area (Å²) < 4.78 is 11.0. The number of morpholine rings is 1. The molecule has 0 aliphatic carbocycles. The van der Waals surface area contributed by atoms with E-state index >= 15 is 0 Å². The Morgan fingerprint density at radius 1 is 1.67 bits per heavy atom. The van der Waals surface area contributed by atoms with E-state index in [0.717, 1.165) is 13.1 Å². The SMILES string of the molecule is CNC(=O)COCC1CNCC(C)(C)O1. The topological polar surface area (TPSA) is 59.6 Å². The third-order valence-electron chi connectivity index (χ3n) is 2.22. The van der Waals surface area contributed by atoms with Crippen LogP contribution < -0.4 is 10.6 Å². The number of likely N-dealkylation sites (N-methyl/N-ethyl adjacent to an activating group) is 1. The largest absolute Gasteiger partial charge is 0.369 e. The average molecular weight is 216 g/mol.